The molecule has 0 aliphatic rings. The lowest BCUT2D eigenvalue weighted by atomic mass is 10.0. The molecule has 0 heterocycles. The van der Waals surface area contributed by atoms with Crippen molar-refractivity contribution in [3.8, 4) is 5.75 Å². The molecule has 45 heavy (non-hydrogen) atoms. The van der Waals surface area contributed by atoms with Gasteiger partial charge in [-0.1, -0.05) is 96.9 Å². The fourth-order valence-electron chi connectivity index (χ4n) is 4.92. The van der Waals surface area contributed by atoms with E-state index >= 15 is 0 Å². The predicted octanol–water partition coefficient (Wildman–Crippen LogP) is 6.02. The van der Waals surface area contributed by atoms with Crippen LogP contribution in [0.2, 0.25) is 5.02 Å². The van der Waals surface area contributed by atoms with Crippen LogP contribution in [0.25, 0.3) is 0 Å². The van der Waals surface area contributed by atoms with E-state index in [2.05, 4.69) is 5.32 Å². The summed E-state index contributed by atoms with van der Waals surface area (Å²) in [6, 6.07) is 28.6. The number of nitrogens with zero attached hydrogens (tertiary/aromatic N) is 2. The van der Waals surface area contributed by atoms with Gasteiger partial charge in [0.2, 0.25) is 11.8 Å². The van der Waals surface area contributed by atoms with E-state index in [1.54, 1.807) is 60.7 Å². The summed E-state index contributed by atoms with van der Waals surface area (Å²) in [5.41, 5.74) is 2.56. The van der Waals surface area contributed by atoms with Gasteiger partial charge in [-0.15, -0.1) is 0 Å². The van der Waals surface area contributed by atoms with Crippen molar-refractivity contribution in [2.75, 3.05) is 24.5 Å². The van der Waals surface area contributed by atoms with Gasteiger partial charge in [-0.3, -0.25) is 13.9 Å². The average Bonchev–Trinajstić information content (AvgIpc) is 3.05. The van der Waals surface area contributed by atoms with Crippen LogP contribution in [0.1, 0.15) is 30.0 Å². The van der Waals surface area contributed by atoms with Gasteiger partial charge in [-0.25, -0.2) is 8.42 Å². The lowest BCUT2D eigenvalue weighted by molar-refractivity contribution is -0.140. The standard InChI is InChI=1S/C35H38ClN3O5S/c1-4-22-37-35(41)32(23-27-12-6-5-7-13-27)38(24-28-14-8-9-15-30(28)36)34(40)25-39(31-16-10-11-17-33(31)44-3)45(42,43)29-20-18-26(2)19-21-29/h5-21,32H,4,22-25H2,1-3H3,(H,37,41)/t32-/m1/s1. The van der Waals surface area contributed by atoms with Gasteiger partial charge in [-0.2, -0.15) is 0 Å². The highest BCUT2D eigenvalue weighted by molar-refractivity contribution is 7.92. The van der Waals surface area contributed by atoms with Crippen molar-refractivity contribution in [3.63, 3.8) is 0 Å². The van der Waals surface area contributed by atoms with E-state index in [1.807, 2.05) is 44.2 Å². The number of rotatable bonds is 14. The number of hydrogen-bond donors (Lipinski definition) is 1. The Labute approximate surface area is 270 Å². The van der Waals surface area contributed by atoms with E-state index in [9.17, 15) is 18.0 Å². The summed E-state index contributed by atoms with van der Waals surface area (Å²) >= 11 is 6.55. The van der Waals surface area contributed by atoms with E-state index in [4.69, 9.17) is 16.3 Å². The Morgan fingerprint density at radius 2 is 1.53 bits per heavy atom. The van der Waals surface area contributed by atoms with Crippen LogP contribution in [0.4, 0.5) is 5.69 Å². The van der Waals surface area contributed by atoms with Gasteiger partial charge < -0.3 is 15.0 Å². The molecule has 0 bridgehead atoms. The number of carbonyl (C=O) groups is 2. The van der Waals surface area contributed by atoms with Gasteiger partial charge in [0.15, 0.2) is 0 Å². The molecule has 8 nitrogen and oxygen atoms in total. The highest BCUT2D eigenvalue weighted by Gasteiger charge is 2.35. The highest BCUT2D eigenvalue weighted by atomic mass is 35.5. The Kier molecular flexibility index (Phi) is 11.6. The van der Waals surface area contributed by atoms with Crippen molar-refractivity contribution in [1.82, 2.24) is 10.2 Å². The fourth-order valence-corrected chi connectivity index (χ4v) is 6.54. The van der Waals surface area contributed by atoms with Gasteiger partial charge in [0.05, 0.1) is 17.7 Å². The van der Waals surface area contributed by atoms with Crippen LogP contribution in [0.5, 0.6) is 5.75 Å². The summed E-state index contributed by atoms with van der Waals surface area (Å²) in [5.74, 6) is -0.643. The molecule has 0 radical (unpaired) electrons. The molecular formula is C35H38ClN3O5S. The highest BCUT2D eigenvalue weighted by Crippen LogP contribution is 2.33. The lowest BCUT2D eigenvalue weighted by Gasteiger charge is -2.34. The normalized spacial score (nSPS) is 11.8. The maximum atomic E-state index is 14.5. The second-order valence-electron chi connectivity index (χ2n) is 10.6. The smallest absolute Gasteiger partial charge is 0.264 e. The van der Waals surface area contributed by atoms with Crippen molar-refractivity contribution >= 4 is 39.1 Å². The minimum Gasteiger partial charge on any atom is -0.495 e. The molecule has 0 fully saturated rings. The van der Waals surface area contributed by atoms with Crippen molar-refractivity contribution < 1.29 is 22.7 Å². The number of sulfonamides is 1. The largest absolute Gasteiger partial charge is 0.495 e. The quantitative estimate of drug-likeness (QED) is 0.181. The summed E-state index contributed by atoms with van der Waals surface area (Å²) in [6.45, 7) is 3.63. The second kappa shape index (κ2) is 15.6. The van der Waals surface area contributed by atoms with Gasteiger partial charge in [-0.05, 0) is 54.8 Å². The molecule has 1 atom stereocenters. The maximum absolute atomic E-state index is 14.5. The van der Waals surface area contributed by atoms with Crippen LogP contribution >= 0.6 is 11.6 Å². The number of methoxy groups -OCH3 is 1. The predicted molar refractivity (Wildman–Crippen MR) is 178 cm³/mol. The molecular weight excluding hydrogens is 610 g/mol. The van der Waals surface area contributed by atoms with Gasteiger partial charge in [0, 0.05) is 24.5 Å². The zero-order valence-corrected chi connectivity index (χ0v) is 27.2. The van der Waals surface area contributed by atoms with Crippen molar-refractivity contribution in [1.29, 1.82) is 0 Å². The molecule has 0 unspecified atom stereocenters. The first-order valence-electron chi connectivity index (χ1n) is 14.7. The molecule has 0 saturated carbocycles. The summed E-state index contributed by atoms with van der Waals surface area (Å²) in [4.78, 5) is 29.7. The van der Waals surface area contributed by atoms with Gasteiger partial charge >= 0.3 is 0 Å². The molecule has 0 aliphatic carbocycles. The second-order valence-corrected chi connectivity index (χ2v) is 12.9. The molecule has 236 valence electrons. The summed E-state index contributed by atoms with van der Waals surface area (Å²) < 4.78 is 35.0. The van der Waals surface area contributed by atoms with Crippen LogP contribution in [-0.2, 0) is 32.6 Å². The third-order valence-electron chi connectivity index (χ3n) is 7.36. The number of para-hydroxylation sites is 2. The number of anilines is 1. The molecule has 4 rings (SSSR count). The molecule has 0 spiro atoms. The van der Waals surface area contributed by atoms with E-state index in [0.29, 0.717) is 23.6 Å². The molecule has 4 aromatic carbocycles. The monoisotopic (exact) mass is 647 g/mol. The Balaban J connectivity index is 1.83. The van der Waals surface area contributed by atoms with Crippen molar-refractivity contribution in [2.45, 2.75) is 44.2 Å². The SMILES string of the molecule is CCCNC(=O)[C@@H](Cc1ccccc1)N(Cc1ccccc1Cl)C(=O)CN(c1ccccc1OC)S(=O)(=O)c1ccc(C)cc1. The molecule has 2 amide bonds. The van der Waals surface area contributed by atoms with E-state index in [1.165, 1.54) is 24.1 Å². The van der Waals surface area contributed by atoms with E-state index in [-0.39, 0.29) is 35.2 Å². The number of aryl methyl sites for hydroxylation is 1. The van der Waals surface area contributed by atoms with Crippen LogP contribution < -0.4 is 14.4 Å². The van der Waals surface area contributed by atoms with Crippen molar-refractivity contribution in [2.24, 2.45) is 0 Å². The van der Waals surface area contributed by atoms with Crippen LogP contribution in [0, 0.1) is 6.92 Å². The van der Waals surface area contributed by atoms with Crippen LogP contribution in [0.3, 0.4) is 0 Å². The number of nitrogens with one attached hydrogen (secondary N) is 1. The zero-order valence-electron chi connectivity index (χ0n) is 25.6. The molecule has 1 N–H and O–H groups in total. The third-order valence-corrected chi connectivity index (χ3v) is 9.50. The van der Waals surface area contributed by atoms with Crippen molar-refractivity contribution in [3.05, 3.63) is 125 Å². The van der Waals surface area contributed by atoms with Gasteiger partial charge in [0.1, 0.15) is 18.3 Å². The number of benzene rings is 4. The number of ether oxygens (including phenoxy) is 1. The Morgan fingerprint density at radius 3 is 2.20 bits per heavy atom. The first kappa shape index (κ1) is 33.6. The molecule has 4 aromatic rings. The molecule has 0 aliphatic heterocycles. The molecule has 0 aromatic heterocycles. The number of halogens is 1. The fraction of sp³-hybridized carbons (Fsp3) is 0.257. The number of amides is 2. The average molecular weight is 648 g/mol. The summed E-state index contributed by atoms with van der Waals surface area (Å²) in [6.07, 6.45) is 0.921. The first-order valence-corrected chi connectivity index (χ1v) is 16.5. The summed E-state index contributed by atoms with van der Waals surface area (Å²) in [5, 5.41) is 3.36. The topological polar surface area (TPSA) is 96.0 Å². The minimum atomic E-state index is -4.25. The van der Waals surface area contributed by atoms with Crippen LogP contribution in [-0.4, -0.2) is 51.4 Å². The van der Waals surface area contributed by atoms with E-state index < -0.39 is 28.5 Å². The Hall–Kier alpha value is -4.34. The van der Waals surface area contributed by atoms with E-state index in [0.717, 1.165) is 15.4 Å². The number of hydrogen-bond acceptors (Lipinski definition) is 5. The summed E-state index contributed by atoms with van der Waals surface area (Å²) in [7, 11) is -2.81. The maximum Gasteiger partial charge on any atom is 0.264 e. The zero-order chi connectivity index (χ0) is 32.4. The first-order chi connectivity index (χ1) is 21.6. The number of carbonyl (C=O) groups excluding carboxylic acids is 2. The minimum absolute atomic E-state index is 0.0140. The Morgan fingerprint density at radius 1 is 0.889 bits per heavy atom. The Bertz CT molecular complexity index is 1700. The van der Waals surface area contributed by atoms with Gasteiger partial charge in [0.25, 0.3) is 10.0 Å². The third kappa shape index (κ3) is 8.44. The van der Waals surface area contributed by atoms with Crippen LogP contribution in [0.15, 0.2) is 108 Å². The lowest BCUT2D eigenvalue weighted by Crippen LogP contribution is -2.53. The molecule has 0 saturated heterocycles. The molecule has 10 heteroatoms.